The molecule has 0 aliphatic carbocycles. The van der Waals surface area contributed by atoms with Crippen molar-refractivity contribution in [1.29, 1.82) is 0 Å². The third kappa shape index (κ3) is 1.43. The van der Waals surface area contributed by atoms with Crippen molar-refractivity contribution in [3.8, 4) is 0 Å². The minimum absolute atomic E-state index is 0.944. The number of aromatic nitrogens is 1. The molecule has 14 heavy (non-hydrogen) atoms. The normalized spacial score (nSPS) is 10.4. The van der Waals surface area contributed by atoms with E-state index in [1.165, 1.54) is 16.6 Å². The van der Waals surface area contributed by atoms with Crippen LogP contribution in [0.2, 0.25) is 0 Å². The third-order valence-electron chi connectivity index (χ3n) is 2.39. The van der Waals surface area contributed by atoms with Gasteiger partial charge in [0.1, 0.15) is 0 Å². The van der Waals surface area contributed by atoms with Crippen LogP contribution in [-0.2, 0) is 0 Å². The summed E-state index contributed by atoms with van der Waals surface area (Å²) in [5, 5.41) is 4.53. The number of fused-ring (bicyclic) bond motifs is 1. The van der Waals surface area contributed by atoms with Gasteiger partial charge in [0, 0.05) is 23.8 Å². The fourth-order valence-electron chi connectivity index (χ4n) is 1.67. The molecular weight excluding hydrogens is 172 g/mol. The highest BCUT2D eigenvalue weighted by Crippen LogP contribution is 2.22. The molecule has 0 atom stereocenters. The topological polar surface area (TPSA) is 24.9 Å². The van der Waals surface area contributed by atoms with E-state index in [9.17, 15) is 0 Å². The minimum atomic E-state index is 0.944. The average molecular weight is 186 g/mol. The van der Waals surface area contributed by atoms with Crippen LogP contribution in [0.3, 0.4) is 0 Å². The van der Waals surface area contributed by atoms with Gasteiger partial charge in [-0.25, -0.2) is 0 Å². The first-order valence-electron chi connectivity index (χ1n) is 4.91. The van der Waals surface area contributed by atoms with Gasteiger partial charge in [0.15, 0.2) is 0 Å². The molecular formula is C12H14N2. The Morgan fingerprint density at radius 3 is 2.93 bits per heavy atom. The summed E-state index contributed by atoms with van der Waals surface area (Å²) in [7, 11) is 0. The molecule has 72 valence electrons. The zero-order valence-corrected chi connectivity index (χ0v) is 8.54. The second kappa shape index (κ2) is 3.66. The van der Waals surface area contributed by atoms with E-state index in [-0.39, 0.29) is 0 Å². The molecule has 0 spiro atoms. The molecule has 1 aromatic carbocycles. The average Bonchev–Trinajstić information content (AvgIpc) is 2.23. The zero-order chi connectivity index (χ0) is 9.97. The lowest BCUT2D eigenvalue weighted by Gasteiger charge is -2.09. The molecule has 0 unspecified atom stereocenters. The molecule has 2 aromatic rings. The third-order valence-corrected chi connectivity index (χ3v) is 2.39. The maximum atomic E-state index is 4.38. The molecule has 1 N–H and O–H groups in total. The van der Waals surface area contributed by atoms with Crippen LogP contribution in [0.4, 0.5) is 5.69 Å². The standard InChI is InChI=1S/C12H14N2/c1-3-13-11-7-6-10-5-4-8-14-12(10)9(11)2/h4-8,13H,3H2,1-2H3. The first-order chi connectivity index (χ1) is 6.83. The molecule has 0 aliphatic heterocycles. The molecule has 1 heterocycles. The lowest BCUT2D eigenvalue weighted by molar-refractivity contribution is 1.20. The highest BCUT2D eigenvalue weighted by atomic mass is 14.9. The van der Waals surface area contributed by atoms with Crippen molar-refractivity contribution in [1.82, 2.24) is 4.98 Å². The van der Waals surface area contributed by atoms with Crippen LogP contribution in [0.5, 0.6) is 0 Å². The highest BCUT2D eigenvalue weighted by molar-refractivity contribution is 5.86. The predicted molar refractivity (Wildman–Crippen MR) is 60.6 cm³/mol. The second-order valence-corrected chi connectivity index (χ2v) is 3.34. The van der Waals surface area contributed by atoms with Crippen LogP contribution in [0, 0.1) is 6.92 Å². The molecule has 2 nitrogen and oxygen atoms in total. The predicted octanol–water partition coefficient (Wildman–Crippen LogP) is 2.98. The Morgan fingerprint density at radius 1 is 1.29 bits per heavy atom. The minimum Gasteiger partial charge on any atom is -0.385 e. The number of aryl methyl sites for hydroxylation is 1. The largest absolute Gasteiger partial charge is 0.385 e. The molecule has 1 aromatic heterocycles. The van der Waals surface area contributed by atoms with E-state index < -0.39 is 0 Å². The van der Waals surface area contributed by atoms with Crippen LogP contribution < -0.4 is 5.32 Å². The van der Waals surface area contributed by atoms with Gasteiger partial charge in [0.05, 0.1) is 5.52 Å². The van der Waals surface area contributed by atoms with Crippen molar-refractivity contribution >= 4 is 16.6 Å². The van der Waals surface area contributed by atoms with Gasteiger partial charge in [-0.15, -0.1) is 0 Å². The number of anilines is 1. The van der Waals surface area contributed by atoms with Crippen LogP contribution in [0.1, 0.15) is 12.5 Å². The van der Waals surface area contributed by atoms with E-state index in [2.05, 4.69) is 42.3 Å². The number of rotatable bonds is 2. The summed E-state index contributed by atoms with van der Waals surface area (Å²) < 4.78 is 0. The van der Waals surface area contributed by atoms with E-state index in [4.69, 9.17) is 0 Å². The Bertz CT molecular complexity index is 449. The quantitative estimate of drug-likeness (QED) is 0.780. The van der Waals surface area contributed by atoms with Crippen molar-refractivity contribution in [2.75, 3.05) is 11.9 Å². The Hall–Kier alpha value is -1.57. The lowest BCUT2D eigenvalue weighted by atomic mass is 10.1. The summed E-state index contributed by atoms with van der Waals surface area (Å²) in [5.41, 5.74) is 3.50. The van der Waals surface area contributed by atoms with Gasteiger partial charge in [-0.3, -0.25) is 4.98 Å². The molecule has 0 radical (unpaired) electrons. The first kappa shape index (κ1) is 9.00. The monoisotopic (exact) mass is 186 g/mol. The van der Waals surface area contributed by atoms with E-state index >= 15 is 0 Å². The number of benzene rings is 1. The van der Waals surface area contributed by atoms with Gasteiger partial charge in [-0.2, -0.15) is 0 Å². The molecule has 0 aliphatic rings. The van der Waals surface area contributed by atoms with E-state index in [0.717, 1.165) is 12.1 Å². The van der Waals surface area contributed by atoms with Crippen LogP contribution >= 0.6 is 0 Å². The van der Waals surface area contributed by atoms with Gasteiger partial charge in [-0.1, -0.05) is 12.1 Å². The molecule has 0 fully saturated rings. The smallest absolute Gasteiger partial charge is 0.0751 e. The summed E-state index contributed by atoms with van der Waals surface area (Å²) in [4.78, 5) is 4.38. The van der Waals surface area contributed by atoms with Crippen molar-refractivity contribution in [3.63, 3.8) is 0 Å². The first-order valence-corrected chi connectivity index (χ1v) is 4.91. The molecule has 0 bridgehead atoms. The number of hydrogen-bond acceptors (Lipinski definition) is 2. The zero-order valence-electron chi connectivity index (χ0n) is 8.54. The van der Waals surface area contributed by atoms with Crippen LogP contribution in [0.15, 0.2) is 30.5 Å². The molecule has 0 saturated heterocycles. The number of hydrogen-bond donors (Lipinski definition) is 1. The number of pyridine rings is 1. The fourth-order valence-corrected chi connectivity index (χ4v) is 1.67. The van der Waals surface area contributed by atoms with Gasteiger partial charge < -0.3 is 5.32 Å². The van der Waals surface area contributed by atoms with Gasteiger partial charge in [-0.05, 0) is 31.5 Å². The summed E-state index contributed by atoms with van der Waals surface area (Å²) in [6.07, 6.45) is 1.84. The van der Waals surface area contributed by atoms with Gasteiger partial charge in [0.2, 0.25) is 0 Å². The van der Waals surface area contributed by atoms with E-state index in [0.29, 0.717) is 0 Å². The Balaban J connectivity index is 2.63. The Morgan fingerprint density at radius 2 is 2.14 bits per heavy atom. The van der Waals surface area contributed by atoms with Crippen molar-refractivity contribution in [2.24, 2.45) is 0 Å². The molecule has 2 rings (SSSR count). The van der Waals surface area contributed by atoms with E-state index in [1.54, 1.807) is 0 Å². The molecule has 0 saturated carbocycles. The lowest BCUT2D eigenvalue weighted by Crippen LogP contribution is -1.99. The van der Waals surface area contributed by atoms with Crippen molar-refractivity contribution in [2.45, 2.75) is 13.8 Å². The summed E-state index contributed by atoms with van der Waals surface area (Å²) >= 11 is 0. The van der Waals surface area contributed by atoms with Crippen molar-refractivity contribution < 1.29 is 0 Å². The van der Waals surface area contributed by atoms with Crippen LogP contribution in [0.25, 0.3) is 10.9 Å². The maximum Gasteiger partial charge on any atom is 0.0751 e. The SMILES string of the molecule is CCNc1ccc2cccnc2c1C. The summed E-state index contributed by atoms with van der Waals surface area (Å²) in [5.74, 6) is 0. The second-order valence-electron chi connectivity index (χ2n) is 3.34. The van der Waals surface area contributed by atoms with Gasteiger partial charge >= 0.3 is 0 Å². The Labute approximate surface area is 84.0 Å². The maximum absolute atomic E-state index is 4.38. The highest BCUT2D eigenvalue weighted by Gasteiger charge is 2.02. The van der Waals surface area contributed by atoms with Crippen molar-refractivity contribution in [3.05, 3.63) is 36.0 Å². The number of nitrogens with one attached hydrogen (secondary N) is 1. The summed E-state index contributed by atoms with van der Waals surface area (Å²) in [6, 6.07) is 8.27. The summed E-state index contributed by atoms with van der Waals surface area (Å²) in [6.45, 7) is 5.15. The molecule has 0 amide bonds. The fraction of sp³-hybridized carbons (Fsp3) is 0.250. The van der Waals surface area contributed by atoms with Gasteiger partial charge in [0.25, 0.3) is 0 Å². The molecule has 2 heteroatoms. The Kier molecular flexibility index (Phi) is 2.35. The number of nitrogens with zero attached hydrogens (tertiary/aromatic N) is 1. The van der Waals surface area contributed by atoms with Crippen LogP contribution in [-0.4, -0.2) is 11.5 Å². The van der Waals surface area contributed by atoms with E-state index in [1.807, 2.05) is 12.3 Å².